The Hall–Kier alpha value is -0.593. The number of aliphatic hydroxyl groups excluding tert-OH is 1. The van der Waals surface area contributed by atoms with E-state index in [1.807, 2.05) is 20.8 Å². The molecule has 0 aromatic heterocycles. The monoisotopic (exact) mass is 387 g/mol. The van der Waals surface area contributed by atoms with Crippen LogP contribution in [-0.4, -0.2) is 55.8 Å². The first-order valence-corrected chi connectivity index (χ1v) is 12.9. The predicted octanol–water partition coefficient (Wildman–Crippen LogP) is 4.80. The summed E-state index contributed by atoms with van der Waals surface area (Å²) >= 11 is 0. The van der Waals surface area contributed by atoms with E-state index in [-0.39, 0.29) is 17.7 Å². The minimum absolute atomic E-state index is 0.0386. The molecular formula is C20H41NO4Si. The summed E-state index contributed by atoms with van der Waals surface area (Å²) in [5.41, 5.74) is -0.514. The third-order valence-electron chi connectivity index (χ3n) is 5.56. The quantitative estimate of drug-likeness (QED) is 0.665. The van der Waals surface area contributed by atoms with Crippen molar-refractivity contribution in [2.75, 3.05) is 19.7 Å². The summed E-state index contributed by atoms with van der Waals surface area (Å²) in [5.74, 6) is 0.452. The maximum Gasteiger partial charge on any atom is 0.410 e. The van der Waals surface area contributed by atoms with Crippen LogP contribution in [0.3, 0.4) is 0 Å². The summed E-state index contributed by atoms with van der Waals surface area (Å²) in [6.07, 6.45) is 4.25. The lowest BCUT2D eigenvalue weighted by Gasteiger charge is -2.41. The van der Waals surface area contributed by atoms with Gasteiger partial charge in [0.2, 0.25) is 0 Å². The molecule has 0 aromatic rings. The molecule has 0 aromatic carbocycles. The molecule has 1 saturated carbocycles. The lowest BCUT2D eigenvalue weighted by Crippen LogP contribution is -2.45. The third kappa shape index (κ3) is 7.57. The maximum atomic E-state index is 12.4. The molecule has 1 N–H and O–H groups in total. The molecule has 1 fully saturated rings. The van der Waals surface area contributed by atoms with Gasteiger partial charge in [0, 0.05) is 19.2 Å². The van der Waals surface area contributed by atoms with E-state index < -0.39 is 13.9 Å². The molecular weight excluding hydrogens is 346 g/mol. The van der Waals surface area contributed by atoms with Crippen LogP contribution in [0.4, 0.5) is 4.79 Å². The Morgan fingerprint density at radius 1 is 1.08 bits per heavy atom. The molecule has 1 rings (SSSR count). The SMILES string of the molecule is CC(C)(C)OC(=O)N(CCO)CC1CCC(O[Si](C)(C)C(C)(C)C)CC1. The molecule has 0 unspecified atom stereocenters. The molecule has 0 bridgehead atoms. The van der Waals surface area contributed by atoms with Crippen molar-refractivity contribution in [3.05, 3.63) is 0 Å². The zero-order valence-corrected chi connectivity index (χ0v) is 19.2. The van der Waals surface area contributed by atoms with Crippen molar-refractivity contribution in [3.63, 3.8) is 0 Å². The molecule has 26 heavy (non-hydrogen) atoms. The van der Waals surface area contributed by atoms with Crippen LogP contribution in [0.15, 0.2) is 0 Å². The van der Waals surface area contributed by atoms with Gasteiger partial charge in [-0.3, -0.25) is 0 Å². The van der Waals surface area contributed by atoms with Gasteiger partial charge in [-0.25, -0.2) is 4.79 Å². The Labute approximate surface area is 161 Å². The highest BCUT2D eigenvalue weighted by molar-refractivity contribution is 6.74. The van der Waals surface area contributed by atoms with Crippen LogP contribution in [0, 0.1) is 5.92 Å². The van der Waals surface area contributed by atoms with E-state index in [0.717, 1.165) is 25.7 Å². The summed E-state index contributed by atoms with van der Waals surface area (Å²) in [6.45, 7) is 18.0. The van der Waals surface area contributed by atoms with Gasteiger partial charge in [0.25, 0.3) is 0 Å². The van der Waals surface area contributed by atoms with Crippen LogP contribution in [0.2, 0.25) is 18.1 Å². The Morgan fingerprint density at radius 2 is 1.62 bits per heavy atom. The summed E-state index contributed by atoms with van der Waals surface area (Å²) in [6, 6.07) is 0. The molecule has 0 aliphatic heterocycles. The Bertz CT molecular complexity index is 446. The first-order valence-electron chi connectivity index (χ1n) is 10.0. The van der Waals surface area contributed by atoms with Crippen LogP contribution >= 0.6 is 0 Å². The molecule has 0 radical (unpaired) electrons. The second kappa shape index (κ2) is 9.07. The van der Waals surface area contributed by atoms with Gasteiger partial charge < -0.3 is 19.2 Å². The van der Waals surface area contributed by atoms with Crippen molar-refractivity contribution in [2.45, 2.75) is 97.1 Å². The lowest BCUT2D eigenvalue weighted by molar-refractivity contribution is 0.0154. The van der Waals surface area contributed by atoms with Crippen LogP contribution in [0.25, 0.3) is 0 Å². The van der Waals surface area contributed by atoms with Crippen molar-refractivity contribution >= 4 is 14.4 Å². The molecule has 0 saturated heterocycles. The average Bonchev–Trinajstić information content (AvgIpc) is 2.45. The lowest BCUT2D eigenvalue weighted by atomic mass is 9.87. The molecule has 0 heterocycles. The van der Waals surface area contributed by atoms with Crippen molar-refractivity contribution < 1.29 is 19.1 Å². The first-order chi connectivity index (χ1) is 11.7. The number of amides is 1. The number of hydrogen-bond acceptors (Lipinski definition) is 4. The topological polar surface area (TPSA) is 59.0 Å². The fourth-order valence-corrected chi connectivity index (χ4v) is 4.46. The standard InChI is InChI=1S/C20H41NO4Si/c1-19(2,3)24-18(23)21(13-14-22)15-16-9-11-17(12-10-16)25-26(7,8)20(4,5)6/h16-17,22H,9-15H2,1-8H3. The van der Waals surface area contributed by atoms with Gasteiger partial charge in [0.1, 0.15) is 5.60 Å². The zero-order valence-electron chi connectivity index (χ0n) is 18.2. The van der Waals surface area contributed by atoms with Gasteiger partial charge in [-0.15, -0.1) is 0 Å². The molecule has 154 valence electrons. The molecule has 5 nitrogen and oxygen atoms in total. The van der Waals surface area contributed by atoms with Gasteiger partial charge in [-0.1, -0.05) is 20.8 Å². The van der Waals surface area contributed by atoms with E-state index in [1.54, 1.807) is 4.90 Å². The van der Waals surface area contributed by atoms with Gasteiger partial charge in [0.15, 0.2) is 8.32 Å². The summed E-state index contributed by atoms with van der Waals surface area (Å²) in [5, 5.41) is 9.53. The van der Waals surface area contributed by atoms with E-state index in [4.69, 9.17) is 9.16 Å². The number of aliphatic hydroxyl groups is 1. The summed E-state index contributed by atoms with van der Waals surface area (Å²) in [7, 11) is -1.72. The average molecular weight is 388 g/mol. The molecule has 6 heteroatoms. The minimum Gasteiger partial charge on any atom is -0.444 e. The van der Waals surface area contributed by atoms with E-state index >= 15 is 0 Å². The highest BCUT2D eigenvalue weighted by atomic mass is 28.4. The van der Waals surface area contributed by atoms with Crippen LogP contribution in [0.1, 0.15) is 67.2 Å². The van der Waals surface area contributed by atoms with Crippen LogP contribution < -0.4 is 0 Å². The number of carbonyl (C=O) groups excluding carboxylic acids is 1. The Balaban J connectivity index is 2.54. The zero-order chi connectivity index (χ0) is 20.2. The Morgan fingerprint density at radius 3 is 2.04 bits per heavy atom. The number of nitrogens with zero attached hydrogens (tertiary/aromatic N) is 1. The number of rotatable bonds is 6. The largest absolute Gasteiger partial charge is 0.444 e. The van der Waals surface area contributed by atoms with Crippen LogP contribution in [0.5, 0.6) is 0 Å². The van der Waals surface area contributed by atoms with E-state index in [0.29, 0.717) is 25.1 Å². The van der Waals surface area contributed by atoms with Crippen molar-refractivity contribution in [3.8, 4) is 0 Å². The van der Waals surface area contributed by atoms with E-state index in [9.17, 15) is 9.90 Å². The van der Waals surface area contributed by atoms with Crippen LogP contribution in [-0.2, 0) is 9.16 Å². The number of ether oxygens (including phenoxy) is 1. The molecule has 0 atom stereocenters. The molecule has 1 aliphatic carbocycles. The number of carbonyl (C=O) groups is 1. The summed E-state index contributed by atoms with van der Waals surface area (Å²) < 4.78 is 12.0. The first kappa shape index (κ1) is 23.4. The fraction of sp³-hybridized carbons (Fsp3) is 0.950. The maximum absolute atomic E-state index is 12.4. The van der Waals surface area contributed by atoms with Crippen molar-refractivity contribution in [2.24, 2.45) is 5.92 Å². The van der Waals surface area contributed by atoms with Crippen molar-refractivity contribution in [1.29, 1.82) is 0 Å². The fourth-order valence-electron chi connectivity index (χ4n) is 3.04. The minimum atomic E-state index is -1.72. The molecule has 1 aliphatic rings. The Kier molecular flexibility index (Phi) is 8.17. The molecule has 1 amide bonds. The summed E-state index contributed by atoms with van der Waals surface area (Å²) in [4.78, 5) is 14.0. The van der Waals surface area contributed by atoms with Gasteiger partial charge in [-0.2, -0.15) is 0 Å². The third-order valence-corrected chi connectivity index (χ3v) is 10.1. The highest BCUT2D eigenvalue weighted by Crippen LogP contribution is 2.39. The predicted molar refractivity (Wildman–Crippen MR) is 109 cm³/mol. The van der Waals surface area contributed by atoms with E-state index in [1.165, 1.54) is 0 Å². The number of hydrogen-bond donors (Lipinski definition) is 1. The normalized spacial score (nSPS) is 22.2. The second-order valence-corrected chi connectivity index (χ2v) is 14.9. The second-order valence-electron chi connectivity index (χ2n) is 10.2. The molecule has 0 spiro atoms. The van der Waals surface area contributed by atoms with E-state index in [2.05, 4.69) is 33.9 Å². The smallest absolute Gasteiger partial charge is 0.410 e. The van der Waals surface area contributed by atoms with Gasteiger partial charge >= 0.3 is 6.09 Å². The van der Waals surface area contributed by atoms with Gasteiger partial charge in [0.05, 0.1) is 6.61 Å². The van der Waals surface area contributed by atoms with Crippen molar-refractivity contribution in [1.82, 2.24) is 4.90 Å². The highest BCUT2D eigenvalue weighted by Gasteiger charge is 2.40. The van der Waals surface area contributed by atoms with Gasteiger partial charge in [-0.05, 0) is 70.5 Å².